The lowest BCUT2D eigenvalue weighted by Gasteiger charge is -2.10. The van der Waals surface area contributed by atoms with Gasteiger partial charge in [0.25, 0.3) is 0 Å². The summed E-state index contributed by atoms with van der Waals surface area (Å²) in [6, 6.07) is 0. The third-order valence-corrected chi connectivity index (χ3v) is 1.87. The first-order valence-corrected chi connectivity index (χ1v) is 4.62. The lowest BCUT2D eigenvalue weighted by atomic mass is 9.97. The molecular weight excluding hydrogens is 180 g/mol. The summed E-state index contributed by atoms with van der Waals surface area (Å²) in [7, 11) is 1.28. The van der Waals surface area contributed by atoms with Gasteiger partial charge >= 0.3 is 5.97 Å². The number of allylic oxidation sites excluding steroid dienone is 1. The molecule has 0 bridgehead atoms. The lowest BCUT2D eigenvalue weighted by Crippen LogP contribution is -2.24. The second kappa shape index (κ2) is 7.10. The molecule has 0 saturated heterocycles. The Balaban J connectivity index is 4.44. The monoisotopic (exact) mass is 196 g/mol. The molecule has 0 aromatic rings. The minimum atomic E-state index is -0.686. The number of esters is 1. The maximum atomic E-state index is 11.5. The topological polar surface area (TPSA) is 43.4 Å². The van der Waals surface area contributed by atoms with E-state index in [1.807, 2.05) is 6.92 Å². The van der Waals surface area contributed by atoms with Crippen molar-refractivity contribution < 1.29 is 14.3 Å². The van der Waals surface area contributed by atoms with E-state index >= 15 is 0 Å². The lowest BCUT2D eigenvalue weighted by molar-refractivity contribution is -0.149. The molecule has 3 heteroatoms. The van der Waals surface area contributed by atoms with Gasteiger partial charge in [0.1, 0.15) is 11.7 Å². The number of hydrogen-bond donors (Lipinski definition) is 0. The standard InChI is InChI=1S/C11H16O3/c1-4-6-8-9(11(13)14-3)10(12)7-5-2/h6,9H,1,5,7-8H2,2-3H3. The first-order valence-electron chi connectivity index (χ1n) is 4.62. The van der Waals surface area contributed by atoms with Crippen molar-refractivity contribution in [2.45, 2.75) is 26.2 Å². The van der Waals surface area contributed by atoms with Crippen LogP contribution in [0, 0.1) is 5.92 Å². The minimum absolute atomic E-state index is 0.0779. The Labute approximate surface area is 84.4 Å². The molecule has 0 aliphatic carbocycles. The van der Waals surface area contributed by atoms with Crippen LogP contribution in [0.1, 0.15) is 26.2 Å². The summed E-state index contributed by atoms with van der Waals surface area (Å²) in [5.74, 6) is -1.24. The van der Waals surface area contributed by atoms with Crippen LogP contribution in [0.3, 0.4) is 0 Å². The Bertz CT molecular complexity index is 249. The summed E-state index contributed by atoms with van der Waals surface area (Å²) in [6.07, 6.45) is 3.05. The molecule has 0 fully saturated rings. The number of methoxy groups -OCH3 is 1. The molecule has 0 aliphatic rings. The number of Topliss-reactive ketones (excluding diaryl/α,β-unsaturated/α-hetero) is 1. The van der Waals surface area contributed by atoms with Crippen molar-refractivity contribution >= 4 is 11.8 Å². The van der Waals surface area contributed by atoms with Gasteiger partial charge in [-0.15, -0.1) is 5.73 Å². The molecule has 0 aliphatic heterocycles. The van der Waals surface area contributed by atoms with Crippen LogP contribution >= 0.6 is 0 Å². The van der Waals surface area contributed by atoms with Crippen LogP contribution in [0.2, 0.25) is 0 Å². The minimum Gasteiger partial charge on any atom is -0.468 e. The molecule has 0 radical (unpaired) electrons. The van der Waals surface area contributed by atoms with Crippen LogP contribution in [0.4, 0.5) is 0 Å². The normalized spacial score (nSPS) is 11.3. The van der Waals surface area contributed by atoms with Crippen molar-refractivity contribution in [3.8, 4) is 0 Å². The molecule has 0 aromatic carbocycles. The van der Waals surface area contributed by atoms with Gasteiger partial charge in [-0.1, -0.05) is 13.5 Å². The summed E-state index contributed by atoms with van der Waals surface area (Å²) < 4.78 is 4.55. The highest BCUT2D eigenvalue weighted by Gasteiger charge is 2.24. The molecule has 0 heterocycles. The van der Waals surface area contributed by atoms with Gasteiger partial charge in [0.15, 0.2) is 0 Å². The predicted octanol–water partition coefficient (Wildman–Crippen LogP) is 1.88. The quantitative estimate of drug-likeness (QED) is 0.370. The van der Waals surface area contributed by atoms with Crippen molar-refractivity contribution in [2.24, 2.45) is 5.92 Å². The van der Waals surface area contributed by atoms with Gasteiger partial charge in [-0.05, 0) is 18.9 Å². The molecular formula is C11H16O3. The number of hydrogen-bond acceptors (Lipinski definition) is 3. The van der Waals surface area contributed by atoms with Crippen LogP contribution < -0.4 is 0 Å². The number of carbonyl (C=O) groups excluding carboxylic acids is 2. The van der Waals surface area contributed by atoms with Crippen molar-refractivity contribution in [2.75, 3.05) is 7.11 Å². The van der Waals surface area contributed by atoms with E-state index in [1.54, 1.807) is 6.08 Å². The molecule has 0 aromatic heterocycles. The molecule has 0 rings (SSSR count). The molecule has 78 valence electrons. The maximum absolute atomic E-state index is 11.5. The van der Waals surface area contributed by atoms with Gasteiger partial charge in [-0.25, -0.2) is 0 Å². The van der Waals surface area contributed by atoms with E-state index in [9.17, 15) is 9.59 Å². The van der Waals surface area contributed by atoms with Crippen LogP contribution in [0.15, 0.2) is 18.4 Å². The molecule has 1 unspecified atom stereocenters. The first kappa shape index (κ1) is 12.7. The van der Waals surface area contributed by atoms with E-state index in [0.29, 0.717) is 12.8 Å². The van der Waals surface area contributed by atoms with Crippen molar-refractivity contribution in [1.29, 1.82) is 0 Å². The molecule has 14 heavy (non-hydrogen) atoms. The average molecular weight is 196 g/mol. The van der Waals surface area contributed by atoms with Gasteiger partial charge < -0.3 is 4.74 Å². The molecule has 0 saturated carbocycles. The Morgan fingerprint density at radius 3 is 2.64 bits per heavy atom. The summed E-state index contributed by atoms with van der Waals surface area (Å²) in [5, 5.41) is 0. The van der Waals surface area contributed by atoms with Crippen molar-refractivity contribution in [1.82, 2.24) is 0 Å². The third-order valence-electron chi connectivity index (χ3n) is 1.87. The number of carbonyl (C=O) groups is 2. The van der Waals surface area contributed by atoms with Crippen LogP contribution in [0.5, 0.6) is 0 Å². The summed E-state index contributed by atoms with van der Waals surface area (Å²) in [6.45, 7) is 5.28. The highest BCUT2D eigenvalue weighted by atomic mass is 16.5. The Kier molecular flexibility index (Phi) is 6.42. The fourth-order valence-electron chi connectivity index (χ4n) is 1.12. The predicted molar refractivity (Wildman–Crippen MR) is 53.7 cm³/mol. The van der Waals surface area contributed by atoms with Gasteiger partial charge in [0.05, 0.1) is 7.11 Å². The van der Waals surface area contributed by atoms with E-state index in [-0.39, 0.29) is 5.78 Å². The Morgan fingerprint density at radius 1 is 1.57 bits per heavy atom. The smallest absolute Gasteiger partial charge is 0.316 e. The second-order valence-electron chi connectivity index (χ2n) is 2.94. The molecule has 3 nitrogen and oxygen atoms in total. The zero-order valence-electron chi connectivity index (χ0n) is 8.71. The van der Waals surface area contributed by atoms with E-state index in [1.165, 1.54) is 7.11 Å². The van der Waals surface area contributed by atoms with Gasteiger partial charge in [-0.2, -0.15) is 0 Å². The van der Waals surface area contributed by atoms with Gasteiger partial charge in [-0.3, -0.25) is 9.59 Å². The van der Waals surface area contributed by atoms with E-state index < -0.39 is 11.9 Å². The van der Waals surface area contributed by atoms with E-state index in [4.69, 9.17) is 0 Å². The SMILES string of the molecule is C=C=CCC(C(=O)CCC)C(=O)OC. The van der Waals surface area contributed by atoms with Crippen LogP contribution in [-0.2, 0) is 14.3 Å². The largest absolute Gasteiger partial charge is 0.468 e. The van der Waals surface area contributed by atoms with Gasteiger partial charge in [0.2, 0.25) is 0 Å². The van der Waals surface area contributed by atoms with Crippen LogP contribution in [-0.4, -0.2) is 18.9 Å². The van der Waals surface area contributed by atoms with Gasteiger partial charge in [0, 0.05) is 6.42 Å². The van der Waals surface area contributed by atoms with Crippen molar-refractivity contribution in [3.63, 3.8) is 0 Å². The highest BCUT2D eigenvalue weighted by Crippen LogP contribution is 2.11. The van der Waals surface area contributed by atoms with Crippen LogP contribution in [0.25, 0.3) is 0 Å². The third kappa shape index (κ3) is 4.06. The maximum Gasteiger partial charge on any atom is 0.316 e. The average Bonchev–Trinajstić information content (AvgIpc) is 2.18. The Hall–Kier alpha value is -1.34. The fourth-order valence-corrected chi connectivity index (χ4v) is 1.12. The number of ether oxygens (including phenoxy) is 1. The summed E-state index contributed by atoms with van der Waals surface area (Å²) in [4.78, 5) is 22.7. The first-order chi connectivity index (χ1) is 6.67. The van der Waals surface area contributed by atoms with E-state index in [0.717, 1.165) is 6.42 Å². The molecule has 0 N–H and O–H groups in total. The van der Waals surface area contributed by atoms with Crippen molar-refractivity contribution in [3.05, 3.63) is 18.4 Å². The summed E-state index contributed by atoms with van der Waals surface area (Å²) >= 11 is 0. The zero-order chi connectivity index (χ0) is 11.0. The second-order valence-corrected chi connectivity index (χ2v) is 2.94. The molecule has 1 atom stereocenters. The summed E-state index contributed by atoms with van der Waals surface area (Å²) in [5.41, 5.74) is 2.54. The number of rotatable bonds is 6. The zero-order valence-corrected chi connectivity index (χ0v) is 8.71. The molecule has 0 spiro atoms. The number of ketones is 1. The Morgan fingerprint density at radius 2 is 2.21 bits per heavy atom. The highest BCUT2D eigenvalue weighted by molar-refractivity contribution is 5.99. The fraction of sp³-hybridized carbons (Fsp3) is 0.545. The molecule has 0 amide bonds. The van der Waals surface area contributed by atoms with E-state index in [2.05, 4.69) is 17.0 Å².